The van der Waals surface area contributed by atoms with E-state index in [1.807, 2.05) is 6.92 Å². The van der Waals surface area contributed by atoms with Gasteiger partial charge in [0.25, 0.3) is 0 Å². The third-order valence-corrected chi connectivity index (χ3v) is 8.86. The summed E-state index contributed by atoms with van der Waals surface area (Å²) in [5.74, 6) is 3.01. The van der Waals surface area contributed by atoms with Gasteiger partial charge in [0, 0.05) is 13.0 Å². The highest BCUT2D eigenvalue weighted by Gasteiger charge is 2.34. The fraction of sp³-hybridized carbons (Fsp3) is 0.971. The second-order valence-electron chi connectivity index (χ2n) is 13.0. The topological polar surface area (TPSA) is 29.5 Å². The van der Waals surface area contributed by atoms with Crippen LogP contribution in [0.25, 0.3) is 0 Å². The van der Waals surface area contributed by atoms with Crippen LogP contribution in [-0.2, 0) is 9.53 Å². The van der Waals surface area contributed by atoms with Gasteiger partial charge < -0.3 is 9.64 Å². The van der Waals surface area contributed by atoms with E-state index in [-0.39, 0.29) is 5.97 Å². The van der Waals surface area contributed by atoms with Crippen LogP contribution >= 0.6 is 0 Å². The first-order valence-electron chi connectivity index (χ1n) is 17.4. The molecule has 3 unspecified atom stereocenters. The molecule has 38 heavy (non-hydrogen) atoms. The van der Waals surface area contributed by atoms with Crippen LogP contribution in [0.5, 0.6) is 0 Å². The highest BCUT2D eigenvalue weighted by molar-refractivity contribution is 5.69. The molecule has 0 amide bonds. The van der Waals surface area contributed by atoms with E-state index in [2.05, 4.69) is 25.9 Å². The largest absolute Gasteiger partial charge is 0.466 e. The van der Waals surface area contributed by atoms with Crippen LogP contribution in [-0.4, -0.2) is 38.1 Å². The lowest BCUT2D eigenvalue weighted by atomic mass is 9.93. The zero-order chi connectivity index (χ0) is 27.7. The Bertz CT molecular complexity index is 520. The Morgan fingerprint density at radius 1 is 0.658 bits per heavy atom. The van der Waals surface area contributed by atoms with Gasteiger partial charge in [-0.2, -0.15) is 0 Å². The van der Waals surface area contributed by atoms with E-state index in [4.69, 9.17) is 4.74 Å². The van der Waals surface area contributed by atoms with Gasteiger partial charge in [-0.25, -0.2) is 0 Å². The average molecular weight is 536 g/mol. The van der Waals surface area contributed by atoms with E-state index < -0.39 is 0 Å². The molecule has 0 radical (unpaired) electrons. The summed E-state index contributed by atoms with van der Waals surface area (Å²) in [6.45, 7) is 5.99. The molecule has 0 aromatic heterocycles. The van der Waals surface area contributed by atoms with Crippen molar-refractivity contribution in [1.29, 1.82) is 0 Å². The first-order valence-corrected chi connectivity index (χ1v) is 17.4. The van der Waals surface area contributed by atoms with Crippen LogP contribution in [0, 0.1) is 17.8 Å². The van der Waals surface area contributed by atoms with E-state index in [1.54, 1.807) is 0 Å². The van der Waals surface area contributed by atoms with Gasteiger partial charge in [0.15, 0.2) is 0 Å². The lowest BCUT2D eigenvalue weighted by molar-refractivity contribution is -0.143. The molecule has 0 saturated heterocycles. The van der Waals surface area contributed by atoms with Crippen molar-refractivity contribution in [3.8, 4) is 0 Å². The van der Waals surface area contributed by atoms with Crippen LogP contribution in [0.3, 0.4) is 0 Å². The number of rotatable bonds is 29. The number of unbranched alkanes of at least 4 members (excludes halogenated alkanes) is 16. The summed E-state index contributed by atoms with van der Waals surface area (Å²) in [6.07, 6.45) is 34.4. The second kappa shape index (κ2) is 25.4. The Hall–Kier alpha value is -0.570. The Morgan fingerprint density at radius 3 is 1.58 bits per heavy atom. The predicted molar refractivity (Wildman–Crippen MR) is 167 cm³/mol. The van der Waals surface area contributed by atoms with Crippen LogP contribution in [0.2, 0.25) is 0 Å². The smallest absolute Gasteiger partial charge is 0.305 e. The standard InChI is InChI=1S/C35H69NO2/c1-5-7-8-9-15-20-25-32(31-36(3)4)26-21-16-12-10-11-13-17-22-27-33-30-34(33)28-23-18-14-19-24-29-35(37)38-6-2/h32-34H,5-31H2,1-4H3. The third kappa shape index (κ3) is 22.3. The van der Waals surface area contributed by atoms with Crippen molar-refractivity contribution in [2.24, 2.45) is 17.8 Å². The van der Waals surface area contributed by atoms with Crippen molar-refractivity contribution in [3.05, 3.63) is 0 Å². The van der Waals surface area contributed by atoms with Crippen molar-refractivity contribution >= 4 is 5.97 Å². The van der Waals surface area contributed by atoms with Crippen LogP contribution in [0.15, 0.2) is 0 Å². The molecular weight excluding hydrogens is 466 g/mol. The number of carbonyl (C=O) groups is 1. The highest BCUT2D eigenvalue weighted by atomic mass is 16.5. The van der Waals surface area contributed by atoms with Crippen LogP contribution in [0.4, 0.5) is 0 Å². The van der Waals surface area contributed by atoms with Gasteiger partial charge >= 0.3 is 5.97 Å². The number of carbonyl (C=O) groups excluding carboxylic acids is 1. The summed E-state index contributed by atoms with van der Waals surface area (Å²) >= 11 is 0. The lowest BCUT2D eigenvalue weighted by Crippen LogP contribution is -2.21. The Balaban J connectivity index is 1.85. The summed E-state index contributed by atoms with van der Waals surface area (Å²) < 4.78 is 4.99. The van der Waals surface area contributed by atoms with Gasteiger partial charge in [-0.3, -0.25) is 4.79 Å². The first kappa shape index (κ1) is 35.5. The first-order chi connectivity index (χ1) is 18.6. The Labute approximate surface area is 239 Å². The minimum absolute atomic E-state index is 0.0217. The summed E-state index contributed by atoms with van der Waals surface area (Å²) in [5, 5.41) is 0. The van der Waals surface area contributed by atoms with Gasteiger partial charge in [0.1, 0.15) is 0 Å². The van der Waals surface area contributed by atoms with Crippen molar-refractivity contribution < 1.29 is 9.53 Å². The van der Waals surface area contributed by atoms with E-state index in [0.29, 0.717) is 13.0 Å². The lowest BCUT2D eigenvalue weighted by Gasteiger charge is -2.21. The van der Waals surface area contributed by atoms with Gasteiger partial charge in [-0.15, -0.1) is 0 Å². The maximum atomic E-state index is 11.3. The third-order valence-electron chi connectivity index (χ3n) is 8.86. The Kier molecular flexibility index (Phi) is 23.7. The second-order valence-corrected chi connectivity index (χ2v) is 13.0. The summed E-state index contributed by atoms with van der Waals surface area (Å²) in [7, 11) is 4.50. The van der Waals surface area contributed by atoms with Gasteiger partial charge in [0.05, 0.1) is 6.61 Å². The summed E-state index contributed by atoms with van der Waals surface area (Å²) in [5.41, 5.74) is 0. The van der Waals surface area contributed by atoms with Crippen molar-refractivity contribution in [3.63, 3.8) is 0 Å². The quantitative estimate of drug-likeness (QED) is 0.0704. The van der Waals surface area contributed by atoms with E-state index >= 15 is 0 Å². The fourth-order valence-electron chi connectivity index (χ4n) is 6.41. The van der Waals surface area contributed by atoms with Gasteiger partial charge in [-0.05, 0) is 64.5 Å². The molecule has 0 bridgehead atoms. The molecule has 0 spiro atoms. The number of ether oxygens (including phenoxy) is 1. The molecular formula is C35H69NO2. The Morgan fingerprint density at radius 2 is 1.11 bits per heavy atom. The summed E-state index contributed by atoms with van der Waals surface area (Å²) in [4.78, 5) is 13.7. The minimum Gasteiger partial charge on any atom is -0.466 e. The molecule has 1 saturated carbocycles. The zero-order valence-corrected chi connectivity index (χ0v) is 26.6. The number of hydrogen-bond donors (Lipinski definition) is 0. The predicted octanol–water partition coefficient (Wildman–Crippen LogP) is 10.7. The van der Waals surface area contributed by atoms with E-state index in [9.17, 15) is 4.79 Å². The SMILES string of the molecule is CCCCCCCCC(CCCCCCCCCCC1CC1CCCCCCCC(=O)OCC)CN(C)C. The van der Waals surface area contributed by atoms with Crippen molar-refractivity contribution in [2.75, 3.05) is 27.2 Å². The number of esters is 1. The number of hydrogen-bond acceptors (Lipinski definition) is 3. The molecule has 226 valence electrons. The highest BCUT2D eigenvalue weighted by Crippen LogP contribution is 2.45. The zero-order valence-electron chi connectivity index (χ0n) is 26.6. The molecule has 0 heterocycles. The van der Waals surface area contributed by atoms with Gasteiger partial charge in [0.2, 0.25) is 0 Å². The monoisotopic (exact) mass is 536 g/mol. The molecule has 1 fully saturated rings. The molecule has 0 aromatic carbocycles. The molecule has 3 atom stereocenters. The molecule has 1 rings (SSSR count). The molecule has 0 aromatic rings. The molecule has 0 N–H and O–H groups in total. The van der Waals surface area contributed by atoms with Crippen LogP contribution in [0.1, 0.15) is 174 Å². The maximum absolute atomic E-state index is 11.3. The van der Waals surface area contributed by atoms with Crippen molar-refractivity contribution in [2.45, 2.75) is 174 Å². The van der Waals surface area contributed by atoms with E-state index in [0.717, 1.165) is 24.2 Å². The molecule has 1 aliphatic carbocycles. The van der Waals surface area contributed by atoms with Crippen LogP contribution < -0.4 is 0 Å². The molecule has 3 heteroatoms. The van der Waals surface area contributed by atoms with Crippen molar-refractivity contribution in [1.82, 2.24) is 4.90 Å². The fourth-order valence-corrected chi connectivity index (χ4v) is 6.41. The molecule has 0 aliphatic heterocycles. The number of nitrogens with zero attached hydrogens (tertiary/aromatic N) is 1. The van der Waals surface area contributed by atoms with E-state index in [1.165, 1.54) is 154 Å². The normalized spacial score (nSPS) is 17.7. The average Bonchev–Trinajstić information content (AvgIpc) is 3.64. The molecule has 1 aliphatic rings. The van der Waals surface area contributed by atoms with Gasteiger partial charge in [-0.1, -0.05) is 135 Å². The minimum atomic E-state index is -0.0217. The maximum Gasteiger partial charge on any atom is 0.305 e. The molecule has 3 nitrogen and oxygen atoms in total. The summed E-state index contributed by atoms with van der Waals surface area (Å²) in [6, 6.07) is 0.